The number of fused-ring (bicyclic) bond motifs is 1. The minimum absolute atomic E-state index is 0.0410. The molecule has 2 saturated heterocycles. The van der Waals surface area contributed by atoms with Crippen molar-refractivity contribution in [1.29, 1.82) is 5.26 Å². The second kappa shape index (κ2) is 10.5. The minimum Gasteiger partial charge on any atom is -0.356 e. The standard InChI is InChI=1S/C25H26Cl2F3N5O4/c1-24(2)14-10-35(19(17(14)24)21(37)33-13(9-31)7-12-5-6-32-20(12)36)22(38)18(34-23(39)25(28,29)30)11-3-4-15(26)16(27)8-11/h3-4,8,12-14,17-19H,5-7,10H2,1-2H3,(H,32,36)(H,33,37)(H,34,39)/t12-,13-,14-,17-,18-,19-/m0/s1. The van der Waals surface area contributed by atoms with Crippen LogP contribution >= 0.6 is 23.2 Å². The lowest BCUT2D eigenvalue weighted by Crippen LogP contribution is -2.55. The second-order valence-corrected chi connectivity index (χ2v) is 11.5. The molecular formula is C25H26Cl2F3N5O4. The predicted octanol–water partition coefficient (Wildman–Crippen LogP) is 2.73. The first-order valence-corrected chi connectivity index (χ1v) is 13.0. The number of benzene rings is 1. The first-order valence-electron chi connectivity index (χ1n) is 12.3. The molecular weight excluding hydrogens is 562 g/mol. The van der Waals surface area contributed by atoms with Crippen molar-refractivity contribution in [3.05, 3.63) is 33.8 Å². The number of piperidine rings is 1. The lowest BCUT2D eigenvalue weighted by molar-refractivity contribution is -0.175. The lowest BCUT2D eigenvalue weighted by atomic mass is 9.96. The highest BCUT2D eigenvalue weighted by atomic mass is 35.5. The van der Waals surface area contributed by atoms with Crippen molar-refractivity contribution >= 4 is 46.8 Å². The van der Waals surface area contributed by atoms with Crippen LogP contribution in [0.15, 0.2) is 18.2 Å². The first kappa shape index (κ1) is 29.0. The Morgan fingerprint density at radius 2 is 1.92 bits per heavy atom. The smallest absolute Gasteiger partial charge is 0.356 e. The fourth-order valence-corrected chi connectivity index (χ4v) is 6.03. The van der Waals surface area contributed by atoms with E-state index in [0.717, 1.165) is 4.90 Å². The van der Waals surface area contributed by atoms with Gasteiger partial charge in [0.1, 0.15) is 18.1 Å². The van der Waals surface area contributed by atoms with Crippen molar-refractivity contribution in [3.63, 3.8) is 0 Å². The Kier molecular flexibility index (Phi) is 7.80. The zero-order chi connectivity index (χ0) is 28.9. The number of hydrogen-bond acceptors (Lipinski definition) is 5. The number of alkyl halides is 3. The zero-order valence-corrected chi connectivity index (χ0v) is 22.5. The number of amides is 4. The van der Waals surface area contributed by atoms with Gasteiger partial charge in [-0.05, 0) is 47.8 Å². The molecule has 3 N–H and O–H groups in total. The summed E-state index contributed by atoms with van der Waals surface area (Å²) in [5.74, 6) is -5.01. The first-order chi connectivity index (χ1) is 18.2. The van der Waals surface area contributed by atoms with Crippen LogP contribution in [0.2, 0.25) is 10.0 Å². The number of carbonyl (C=O) groups excluding carboxylic acids is 4. The van der Waals surface area contributed by atoms with Gasteiger partial charge in [0.05, 0.1) is 16.1 Å². The Bertz CT molecular complexity index is 1250. The van der Waals surface area contributed by atoms with Gasteiger partial charge in [0.25, 0.3) is 5.91 Å². The average molecular weight is 588 g/mol. The highest BCUT2D eigenvalue weighted by molar-refractivity contribution is 6.42. The Morgan fingerprint density at radius 1 is 1.23 bits per heavy atom. The fourth-order valence-electron chi connectivity index (χ4n) is 5.73. The highest BCUT2D eigenvalue weighted by Gasteiger charge is 2.69. The van der Waals surface area contributed by atoms with E-state index in [9.17, 15) is 37.6 Å². The van der Waals surface area contributed by atoms with Crippen molar-refractivity contribution in [1.82, 2.24) is 20.9 Å². The molecule has 0 unspecified atom stereocenters. The normalized spacial score (nSPS) is 26.6. The van der Waals surface area contributed by atoms with Crippen LogP contribution < -0.4 is 16.0 Å². The van der Waals surface area contributed by atoms with Crippen molar-refractivity contribution in [2.75, 3.05) is 13.1 Å². The van der Waals surface area contributed by atoms with Crippen LogP contribution in [0, 0.1) is 34.5 Å². The third-order valence-corrected chi connectivity index (χ3v) is 8.71. The number of nitrogens with one attached hydrogen (secondary N) is 3. The second-order valence-electron chi connectivity index (χ2n) is 10.7. The largest absolute Gasteiger partial charge is 0.471 e. The molecule has 4 rings (SSSR count). The molecule has 3 fully saturated rings. The number of carbonyl (C=O) groups is 4. The number of halogens is 5. The summed E-state index contributed by atoms with van der Waals surface area (Å²) in [5, 5.41) is 16.7. The van der Waals surface area contributed by atoms with E-state index in [0.29, 0.717) is 13.0 Å². The molecule has 1 aromatic carbocycles. The van der Waals surface area contributed by atoms with Gasteiger partial charge in [0.2, 0.25) is 11.8 Å². The van der Waals surface area contributed by atoms with E-state index >= 15 is 0 Å². The number of nitrogens with zero attached hydrogens (tertiary/aromatic N) is 2. The topological polar surface area (TPSA) is 131 Å². The number of nitriles is 1. The Balaban J connectivity index is 1.61. The Morgan fingerprint density at radius 3 is 2.49 bits per heavy atom. The SMILES string of the molecule is CC1(C)[C@@H]2[C@@H](C(=O)N[C@H](C#N)C[C@@H]3CCNC3=O)N(C(=O)[C@@H](NC(=O)C(F)(F)F)c3ccc(Cl)c(Cl)c3)C[C@@H]21. The van der Waals surface area contributed by atoms with Crippen LogP contribution in [-0.2, 0) is 19.2 Å². The molecule has 2 aliphatic heterocycles. The van der Waals surface area contributed by atoms with Crippen LogP contribution in [0.5, 0.6) is 0 Å². The molecule has 2 heterocycles. The molecule has 3 aliphatic rings. The highest BCUT2D eigenvalue weighted by Crippen LogP contribution is 2.65. The average Bonchev–Trinajstić information content (AvgIpc) is 3.20. The zero-order valence-electron chi connectivity index (χ0n) is 20.9. The summed E-state index contributed by atoms with van der Waals surface area (Å²) < 4.78 is 39.5. The summed E-state index contributed by atoms with van der Waals surface area (Å²) >= 11 is 12.0. The van der Waals surface area contributed by atoms with Crippen molar-refractivity contribution in [2.45, 2.75) is 51.0 Å². The molecule has 0 bridgehead atoms. The Labute approximate surface area is 232 Å². The summed E-state index contributed by atoms with van der Waals surface area (Å²) in [7, 11) is 0. The van der Waals surface area contributed by atoms with Gasteiger partial charge in [-0.1, -0.05) is 43.1 Å². The van der Waals surface area contributed by atoms with Crippen LogP contribution in [0.1, 0.15) is 38.3 Å². The van der Waals surface area contributed by atoms with Gasteiger partial charge in [0.15, 0.2) is 0 Å². The van der Waals surface area contributed by atoms with Crippen LogP contribution in [0.25, 0.3) is 0 Å². The summed E-state index contributed by atoms with van der Waals surface area (Å²) in [4.78, 5) is 52.2. The van der Waals surface area contributed by atoms with E-state index in [-0.39, 0.29) is 51.7 Å². The molecule has 14 heteroatoms. The molecule has 1 aromatic rings. The van der Waals surface area contributed by atoms with Gasteiger partial charge in [-0.25, -0.2) is 0 Å². The third-order valence-electron chi connectivity index (χ3n) is 7.97. The summed E-state index contributed by atoms with van der Waals surface area (Å²) in [5.41, 5.74) is -0.381. The fraction of sp³-hybridized carbons (Fsp3) is 0.560. The molecule has 210 valence electrons. The van der Waals surface area contributed by atoms with Gasteiger partial charge in [-0.3, -0.25) is 19.2 Å². The maximum absolute atomic E-state index is 13.7. The van der Waals surface area contributed by atoms with Crippen LogP contribution in [0.3, 0.4) is 0 Å². The molecule has 0 radical (unpaired) electrons. The van der Waals surface area contributed by atoms with Gasteiger partial charge in [-0.2, -0.15) is 18.4 Å². The summed E-state index contributed by atoms with van der Waals surface area (Å²) in [6, 6.07) is 1.78. The van der Waals surface area contributed by atoms with Gasteiger partial charge in [0, 0.05) is 19.0 Å². The van der Waals surface area contributed by atoms with Crippen molar-refractivity contribution in [3.8, 4) is 6.07 Å². The number of rotatable bonds is 7. The van der Waals surface area contributed by atoms with Crippen LogP contribution in [0.4, 0.5) is 13.2 Å². The van der Waals surface area contributed by atoms with E-state index in [1.165, 1.54) is 18.2 Å². The van der Waals surface area contributed by atoms with E-state index in [2.05, 4.69) is 10.6 Å². The molecule has 4 amide bonds. The summed E-state index contributed by atoms with van der Waals surface area (Å²) in [6.45, 7) is 4.36. The Hall–Kier alpha value is -3.04. The van der Waals surface area contributed by atoms with Crippen molar-refractivity contribution in [2.24, 2.45) is 23.2 Å². The van der Waals surface area contributed by atoms with Gasteiger partial charge in [-0.15, -0.1) is 0 Å². The number of hydrogen-bond donors (Lipinski definition) is 3. The molecule has 0 aromatic heterocycles. The van der Waals surface area contributed by atoms with Crippen molar-refractivity contribution < 1.29 is 32.3 Å². The van der Waals surface area contributed by atoms with E-state index < -0.39 is 47.9 Å². The quantitative estimate of drug-likeness (QED) is 0.451. The monoisotopic (exact) mass is 587 g/mol. The lowest BCUT2D eigenvalue weighted by Gasteiger charge is -2.33. The van der Waals surface area contributed by atoms with E-state index in [4.69, 9.17) is 23.2 Å². The molecule has 1 aliphatic carbocycles. The summed E-state index contributed by atoms with van der Waals surface area (Å²) in [6.07, 6.45) is -4.67. The molecule has 39 heavy (non-hydrogen) atoms. The van der Waals surface area contributed by atoms with Gasteiger partial charge < -0.3 is 20.9 Å². The molecule has 6 atom stereocenters. The van der Waals surface area contributed by atoms with Gasteiger partial charge >= 0.3 is 12.1 Å². The minimum atomic E-state index is -5.27. The maximum Gasteiger partial charge on any atom is 0.471 e. The predicted molar refractivity (Wildman–Crippen MR) is 133 cm³/mol. The van der Waals surface area contributed by atoms with Crippen LogP contribution in [-0.4, -0.2) is 59.9 Å². The third kappa shape index (κ3) is 5.65. The molecule has 1 saturated carbocycles. The molecule has 9 nitrogen and oxygen atoms in total. The maximum atomic E-state index is 13.7. The molecule has 0 spiro atoms. The number of likely N-dealkylation sites (tertiary alicyclic amines) is 1. The van der Waals surface area contributed by atoms with E-state index in [1.807, 2.05) is 19.9 Å². The van der Waals surface area contributed by atoms with E-state index in [1.54, 1.807) is 5.32 Å².